The summed E-state index contributed by atoms with van der Waals surface area (Å²) in [6.07, 6.45) is -0.518. The lowest BCUT2D eigenvalue weighted by Gasteiger charge is -2.57. The third-order valence-corrected chi connectivity index (χ3v) is 9.82. The van der Waals surface area contributed by atoms with Gasteiger partial charge in [0.1, 0.15) is 29.9 Å². The zero-order chi connectivity index (χ0) is 23.9. The summed E-state index contributed by atoms with van der Waals surface area (Å²) in [5.41, 5.74) is 1.18. The van der Waals surface area contributed by atoms with Crippen molar-refractivity contribution in [3.63, 3.8) is 0 Å². The normalized spacial score (nSPS) is 44.3. The molecule has 0 radical (unpaired) electrons. The fourth-order valence-corrected chi connectivity index (χ4v) is 8.24. The van der Waals surface area contributed by atoms with E-state index in [9.17, 15) is 25.2 Å². The van der Waals surface area contributed by atoms with Crippen molar-refractivity contribution in [2.24, 2.45) is 5.92 Å². The molecule has 0 aromatic heterocycles. The van der Waals surface area contributed by atoms with Crippen LogP contribution in [-0.4, -0.2) is 99.2 Å². The van der Waals surface area contributed by atoms with Crippen LogP contribution < -0.4 is 9.47 Å². The first-order valence-corrected chi connectivity index (χ1v) is 12.6. The molecule has 34 heavy (non-hydrogen) atoms. The van der Waals surface area contributed by atoms with Gasteiger partial charge in [-0.25, -0.2) is 4.79 Å². The molecule has 9 nitrogen and oxygen atoms in total. The molecule has 3 aliphatic heterocycles. The lowest BCUT2D eigenvalue weighted by atomic mass is 9.53. The Labute approximate surface area is 201 Å². The minimum Gasteiger partial charge on any atom is -0.493 e. The third kappa shape index (κ3) is 2.90. The van der Waals surface area contributed by atoms with Crippen LogP contribution in [0, 0.1) is 5.92 Å². The minimum atomic E-state index is -1.71. The maximum absolute atomic E-state index is 11.6. The van der Waals surface area contributed by atoms with Crippen molar-refractivity contribution in [3.05, 3.63) is 35.4 Å². The first-order chi connectivity index (χ1) is 16.3. The summed E-state index contributed by atoms with van der Waals surface area (Å²) in [7, 11) is 3.80. The Hall–Kier alpha value is -1.82. The van der Waals surface area contributed by atoms with Gasteiger partial charge in [-0.3, -0.25) is 0 Å². The quantitative estimate of drug-likeness (QED) is 0.432. The van der Waals surface area contributed by atoms with E-state index in [4.69, 9.17) is 14.2 Å². The van der Waals surface area contributed by atoms with Crippen molar-refractivity contribution < 1.29 is 39.4 Å². The van der Waals surface area contributed by atoms with Gasteiger partial charge in [0.05, 0.1) is 12.4 Å². The van der Waals surface area contributed by atoms with E-state index in [0.29, 0.717) is 11.8 Å². The molecular formula is C24H29NO8S. The van der Waals surface area contributed by atoms with Gasteiger partial charge >= 0.3 is 5.97 Å². The SMILES string of the molecule is COc1ccc2c3c1O[C@H]1[C@H](SC4O[C@H](C(=O)O)[C@@H](O)[C@H](O)[C@H]4O)C=CC4[C@@H](C2)N(C)CC[C@@]341. The average molecular weight is 492 g/mol. The first-order valence-electron chi connectivity index (χ1n) is 11.6. The number of carboxylic acids is 1. The molecular weight excluding hydrogens is 462 g/mol. The number of hydrogen-bond donors (Lipinski definition) is 4. The predicted molar refractivity (Wildman–Crippen MR) is 122 cm³/mol. The van der Waals surface area contributed by atoms with Gasteiger partial charge in [-0.1, -0.05) is 18.2 Å². The number of hydrogen-bond acceptors (Lipinski definition) is 9. The Morgan fingerprint density at radius 2 is 2.00 bits per heavy atom. The summed E-state index contributed by atoms with van der Waals surface area (Å²) in [6, 6.07) is 4.44. The second-order valence-corrected chi connectivity index (χ2v) is 11.2. The molecule has 1 aromatic rings. The van der Waals surface area contributed by atoms with E-state index < -0.39 is 35.8 Å². The summed E-state index contributed by atoms with van der Waals surface area (Å²) < 4.78 is 17.9. The molecule has 2 aliphatic carbocycles. The molecule has 0 amide bonds. The molecule has 1 spiro atoms. The molecule has 10 atom stereocenters. The highest BCUT2D eigenvalue weighted by Crippen LogP contribution is 2.63. The van der Waals surface area contributed by atoms with E-state index in [1.165, 1.54) is 22.9 Å². The Morgan fingerprint density at radius 1 is 1.21 bits per heavy atom. The molecule has 10 heteroatoms. The lowest BCUT2D eigenvalue weighted by molar-refractivity contribution is -0.209. The third-order valence-electron chi connectivity index (χ3n) is 8.44. The van der Waals surface area contributed by atoms with Gasteiger partial charge in [0.2, 0.25) is 0 Å². The first kappa shape index (κ1) is 22.6. The molecule has 2 saturated heterocycles. The van der Waals surface area contributed by atoms with Crippen molar-refractivity contribution >= 4 is 17.7 Å². The number of carboxylic acid groups (broad SMARTS) is 1. The second kappa shape index (κ2) is 7.84. The molecule has 0 saturated carbocycles. The topological polar surface area (TPSA) is 129 Å². The number of carbonyl (C=O) groups is 1. The van der Waals surface area contributed by atoms with E-state index in [-0.39, 0.29) is 22.7 Å². The maximum atomic E-state index is 11.6. The van der Waals surface area contributed by atoms with Crippen molar-refractivity contribution in [3.8, 4) is 11.5 Å². The average Bonchev–Trinajstić information content (AvgIpc) is 3.17. The van der Waals surface area contributed by atoms with Crippen LogP contribution in [0.4, 0.5) is 0 Å². The smallest absolute Gasteiger partial charge is 0.335 e. The lowest BCUT2D eigenvalue weighted by Crippen LogP contribution is -2.65. The van der Waals surface area contributed by atoms with Crippen LogP contribution in [0.1, 0.15) is 17.5 Å². The van der Waals surface area contributed by atoms with E-state index >= 15 is 0 Å². The Balaban J connectivity index is 1.39. The minimum absolute atomic E-state index is 0.255. The highest BCUT2D eigenvalue weighted by atomic mass is 32.2. The van der Waals surface area contributed by atoms with Crippen LogP contribution in [-0.2, 0) is 21.4 Å². The van der Waals surface area contributed by atoms with E-state index in [2.05, 4.69) is 30.2 Å². The number of likely N-dealkylation sites (N-methyl/N-ethyl adjacent to an activating group) is 1. The fraction of sp³-hybridized carbons (Fsp3) is 0.625. The van der Waals surface area contributed by atoms with Crippen molar-refractivity contribution in [1.82, 2.24) is 4.90 Å². The van der Waals surface area contributed by atoms with Gasteiger partial charge in [0, 0.05) is 22.9 Å². The number of aliphatic carboxylic acids is 1. The molecule has 2 bridgehead atoms. The van der Waals surface area contributed by atoms with Crippen LogP contribution in [0.2, 0.25) is 0 Å². The van der Waals surface area contributed by atoms with Gasteiger partial charge in [-0.15, -0.1) is 11.8 Å². The second-order valence-electron chi connectivity index (χ2n) is 9.96. The zero-order valence-electron chi connectivity index (χ0n) is 18.9. The van der Waals surface area contributed by atoms with Crippen molar-refractivity contribution in [2.45, 2.75) is 65.5 Å². The molecule has 184 valence electrons. The highest BCUT2D eigenvalue weighted by molar-refractivity contribution is 8.00. The summed E-state index contributed by atoms with van der Waals surface area (Å²) in [6.45, 7) is 0.927. The van der Waals surface area contributed by atoms with Crippen LogP contribution in [0.25, 0.3) is 0 Å². The summed E-state index contributed by atoms with van der Waals surface area (Å²) in [4.78, 5) is 14.0. The Bertz CT molecular complexity index is 1050. The molecule has 3 heterocycles. The van der Waals surface area contributed by atoms with Gasteiger partial charge in [-0.2, -0.15) is 0 Å². The number of thioether (sulfide) groups is 1. The van der Waals surface area contributed by atoms with Crippen molar-refractivity contribution in [2.75, 3.05) is 20.7 Å². The van der Waals surface area contributed by atoms with Crippen LogP contribution in [0.3, 0.4) is 0 Å². The number of aliphatic hydroxyl groups is 3. The summed E-state index contributed by atoms with van der Waals surface area (Å²) in [5.74, 6) is 0.341. The fourth-order valence-electron chi connectivity index (χ4n) is 6.81. The number of ether oxygens (including phenoxy) is 3. The number of aliphatic hydroxyl groups excluding tert-OH is 3. The maximum Gasteiger partial charge on any atom is 0.335 e. The molecule has 4 N–H and O–H groups in total. The highest BCUT2D eigenvalue weighted by Gasteiger charge is 2.65. The number of methoxy groups -OCH3 is 1. The molecule has 5 aliphatic rings. The van der Waals surface area contributed by atoms with E-state index in [1.807, 2.05) is 6.07 Å². The van der Waals surface area contributed by atoms with Gasteiger partial charge in [0.15, 0.2) is 17.6 Å². The van der Waals surface area contributed by atoms with E-state index in [1.54, 1.807) is 7.11 Å². The number of likely N-dealkylation sites (tertiary alicyclic amines) is 1. The molecule has 6 rings (SSSR count). The van der Waals surface area contributed by atoms with Gasteiger partial charge in [-0.05, 0) is 38.1 Å². The number of benzene rings is 1. The van der Waals surface area contributed by atoms with E-state index in [0.717, 1.165) is 25.1 Å². The molecule has 1 aromatic carbocycles. The van der Waals surface area contributed by atoms with Crippen LogP contribution in [0.5, 0.6) is 11.5 Å². The standard InChI is InChI=1S/C24H29NO8S/c1-25-8-7-24-11-4-6-14(34-23-18(28)16(26)17(27)20(33-23)22(29)30)21(24)32-19-13(31-2)5-3-10(15(19)24)9-12(11)25/h3-6,11-12,14,16-18,20-21,23,26-28H,7-9H2,1-2H3,(H,29,30)/t11?,12-,14-,16+,17+,18-,20+,21+,23?,24+/m1/s1. The van der Waals surface area contributed by atoms with Crippen LogP contribution >= 0.6 is 11.8 Å². The monoisotopic (exact) mass is 491 g/mol. The van der Waals surface area contributed by atoms with Gasteiger partial charge < -0.3 is 39.5 Å². The number of nitrogens with zero attached hydrogens (tertiary/aromatic N) is 1. The van der Waals surface area contributed by atoms with Crippen LogP contribution in [0.15, 0.2) is 24.3 Å². The number of rotatable bonds is 4. The molecule has 2 unspecified atom stereocenters. The Kier molecular flexibility index (Phi) is 5.22. The Morgan fingerprint density at radius 3 is 2.74 bits per heavy atom. The summed E-state index contributed by atoms with van der Waals surface area (Å²) >= 11 is 1.24. The molecule has 2 fully saturated rings. The predicted octanol–water partition coefficient (Wildman–Crippen LogP) is 0.134. The number of piperidine rings is 1. The van der Waals surface area contributed by atoms with Crippen molar-refractivity contribution in [1.29, 1.82) is 0 Å². The zero-order valence-corrected chi connectivity index (χ0v) is 19.7. The van der Waals surface area contributed by atoms with Gasteiger partial charge in [0.25, 0.3) is 0 Å². The largest absolute Gasteiger partial charge is 0.493 e. The summed E-state index contributed by atoms with van der Waals surface area (Å²) in [5, 5.41) is 40.1.